The molecule has 1 heterocycles. The third kappa shape index (κ3) is 4.70. The Kier molecular flexibility index (Phi) is 6.02. The number of oxime groups is 1. The molecule has 0 radical (unpaired) electrons. The Bertz CT molecular complexity index is 757. The molecule has 1 unspecified atom stereocenters. The van der Waals surface area contributed by atoms with E-state index < -0.39 is 0 Å². The molecule has 26 heavy (non-hydrogen) atoms. The zero-order valence-electron chi connectivity index (χ0n) is 15.2. The average Bonchev–Trinajstić information content (AvgIpc) is 3.11. The van der Waals surface area contributed by atoms with Crippen molar-refractivity contribution in [3.63, 3.8) is 0 Å². The highest BCUT2D eigenvalue weighted by molar-refractivity contribution is 6.01. The van der Waals surface area contributed by atoms with Crippen LogP contribution in [0.5, 0.6) is 0 Å². The molecule has 0 fully saturated rings. The van der Waals surface area contributed by atoms with Gasteiger partial charge in [-0.05, 0) is 18.1 Å². The molecule has 2 aromatic rings. The van der Waals surface area contributed by atoms with Crippen LogP contribution >= 0.6 is 0 Å². The van der Waals surface area contributed by atoms with Gasteiger partial charge in [0.05, 0.1) is 12.3 Å². The fourth-order valence-corrected chi connectivity index (χ4v) is 2.96. The second-order valence-electron chi connectivity index (χ2n) is 6.53. The first-order chi connectivity index (χ1) is 12.7. The maximum absolute atomic E-state index is 12.4. The Morgan fingerprint density at radius 2 is 1.92 bits per heavy atom. The first-order valence-electron chi connectivity index (χ1n) is 8.76. The molecule has 0 saturated heterocycles. The highest BCUT2D eigenvalue weighted by Gasteiger charge is 2.26. The number of amides is 1. The van der Waals surface area contributed by atoms with Gasteiger partial charge in [-0.3, -0.25) is 4.79 Å². The van der Waals surface area contributed by atoms with E-state index in [0.29, 0.717) is 19.5 Å². The summed E-state index contributed by atoms with van der Waals surface area (Å²) < 4.78 is 5.03. The van der Waals surface area contributed by atoms with Crippen LogP contribution in [0.2, 0.25) is 0 Å². The van der Waals surface area contributed by atoms with Crippen LogP contribution < -0.4 is 0 Å². The fourth-order valence-electron chi connectivity index (χ4n) is 2.96. The van der Waals surface area contributed by atoms with Crippen molar-refractivity contribution in [3.8, 4) is 0 Å². The minimum Gasteiger partial charge on any atom is -0.390 e. The summed E-state index contributed by atoms with van der Waals surface area (Å²) in [4.78, 5) is 19.8. The monoisotopic (exact) mass is 352 g/mol. The van der Waals surface area contributed by atoms with E-state index in [9.17, 15) is 4.79 Å². The number of carbonyl (C=O) groups excluding carboxylic acids is 1. The average molecular weight is 352 g/mol. The molecule has 1 atom stereocenters. The lowest BCUT2D eigenvalue weighted by Gasteiger charge is -2.24. The van der Waals surface area contributed by atoms with Crippen LogP contribution in [0.3, 0.4) is 0 Å². The Morgan fingerprint density at radius 1 is 1.19 bits per heavy atom. The number of aryl methyl sites for hydroxylation is 1. The van der Waals surface area contributed by atoms with Crippen LogP contribution in [0.15, 0.2) is 59.8 Å². The van der Waals surface area contributed by atoms with E-state index in [1.54, 1.807) is 4.90 Å². The summed E-state index contributed by atoms with van der Waals surface area (Å²) in [5, 5.41) is 4.23. The lowest BCUT2D eigenvalue weighted by molar-refractivity contribution is -0.137. The van der Waals surface area contributed by atoms with Gasteiger partial charge >= 0.3 is 0 Å². The zero-order valence-corrected chi connectivity index (χ0v) is 15.2. The molecular formula is C21H24N2O3. The van der Waals surface area contributed by atoms with E-state index >= 15 is 0 Å². The van der Waals surface area contributed by atoms with Crippen LogP contribution in [-0.4, -0.2) is 42.9 Å². The molecule has 3 rings (SSSR count). The molecular weight excluding hydrogens is 328 g/mol. The van der Waals surface area contributed by atoms with Crippen LogP contribution in [0.25, 0.3) is 0 Å². The van der Waals surface area contributed by atoms with Gasteiger partial charge < -0.3 is 14.5 Å². The molecule has 1 aliphatic heterocycles. The molecule has 2 aromatic carbocycles. The van der Waals surface area contributed by atoms with E-state index in [1.165, 1.54) is 12.7 Å². The maximum Gasteiger partial charge on any atom is 0.248 e. The predicted molar refractivity (Wildman–Crippen MR) is 101 cm³/mol. The number of methoxy groups -OCH3 is 1. The molecule has 0 bridgehead atoms. The van der Waals surface area contributed by atoms with Crippen LogP contribution in [-0.2, 0) is 20.9 Å². The second kappa shape index (κ2) is 8.63. The van der Waals surface area contributed by atoms with Crippen LogP contribution in [0.1, 0.15) is 23.1 Å². The standard InChI is InChI=1S/C21H24N2O3/c1-16-8-10-18(11-9-16)20-12-19(26-22-20)14-23(21(24)15-25-2)13-17-6-4-3-5-7-17/h3-11,19H,12-15H2,1-2H3. The van der Waals surface area contributed by atoms with E-state index in [2.05, 4.69) is 36.3 Å². The largest absolute Gasteiger partial charge is 0.390 e. The minimum atomic E-state index is -0.143. The lowest BCUT2D eigenvalue weighted by Crippen LogP contribution is -2.39. The van der Waals surface area contributed by atoms with Gasteiger partial charge in [-0.15, -0.1) is 0 Å². The van der Waals surface area contributed by atoms with E-state index in [-0.39, 0.29) is 18.6 Å². The third-order valence-corrected chi connectivity index (χ3v) is 4.38. The highest BCUT2D eigenvalue weighted by atomic mass is 16.6. The predicted octanol–water partition coefficient (Wildman–Crippen LogP) is 3.16. The zero-order chi connectivity index (χ0) is 18.4. The van der Waals surface area contributed by atoms with Gasteiger partial charge in [0.15, 0.2) is 6.10 Å². The van der Waals surface area contributed by atoms with Crippen molar-refractivity contribution in [2.45, 2.75) is 26.0 Å². The highest BCUT2D eigenvalue weighted by Crippen LogP contribution is 2.19. The Labute approximate surface area is 154 Å². The van der Waals surface area contributed by atoms with E-state index in [0.717, 1.165) is 16.8 Å². The third-order valence-electron chi connectivity index (χ3n) is 4.38. The van der Waals surface area contributed by atoms with Crippen LogP contribution in [0, 0.1) is 6.92 Å². The maximum atomic E-state index is 12.4. The summed E-state index contributed by atoms with van der Waals surface area (Å²) in [7, 11) is 1.53. The number of rotatable bonds is 7. The summed E-state index contributed by atoms with van der Waals surface area (Å²) >= 11 is 0. The molecule has 0 aromatic heterocycles. The molecule has 136 valence electrons. The van der Waals surface area contributed by atoms with Gasteiger partial charge in [-0.1, -0.05) is 65.3 Å². The summed E-state index contributed by atoms with van der Waals surface area (Å²) in [6.45, 7) is 3.13. The normalized spacial score (nSPS) is 16.1. The summed E-state index contributed by atoms with van der Waals surface area (Å²) in [5.41, 5.74) is 4.28. The van der Waals surface area contributed by atoms with Gasteiger partial charge in [0, 0.05) is 20.1 Å². The quantitative estimate of drug-likeness (QED) is 0.769. The molecule has 5 nitrogen and oxygen atoms in total. The molecule has 5 heteroatoms. The topological polar surface area (TPSA) is 51.1 Å². The fraction of sp³-hybridized carbons (Fsp3) is 0.333. The molecule has 0 aliphatic carbocycles. The van der Waals surface area contributed by atoms with Crippen molar-refractivity contribution in [1.82, 2.24) is 4.90 Å². The summed E-state index contributed by atoms with van der Waals surface area (Å²) in [5.74, 6) is -0.0521. The number of hydrogen-bond donors (Lipinski definition) is 0. The van der Waals surface area contributed by atoms with Gasteiger partial charge in [0.1, 0.15) is 6.61 Å². The molecule has 0 N–H and O–H groups in total. The number of hydrogen-bond acceptors (Lipinski definition) is 4. The summed E-state index contributed by atoms with van der Waals surface area (Å²) in [6, 6.07) is 18.2. The molecule has 0 spiro atoms. The van der Waals surface area contributed by atoms with Crippen molar-refractivity contribution in [2.75, 3.05) is 20.3 Å². The molecule has 0 saturated carbocycles. The van der Waals surface area contributed by atoms with Crippen molar-refractivity contribution >= 4 is 11.6 Å². The number of benzene rings is 2. The van der Waals surface area contributed by atoms with E-state index in [4.69, 9.17) is 9.57 Å². The summed E-state index contributed by atoms with van der Waals surface area (Å²) in [6.07, 6.45) is 0.546. The van der Waals surface area contributed by atoms with E-state index in [1.807, 2.05) is 30.3 Å². The second-order valence-corrected chi connectivity index (χ2v) is 6.53. The molecule has 1 amide bonds. The first kappa shape index (κ1) is 18.1. The van der Waals surface area contributed by atoms with Gasteiger partial charge in [0.25, 0.3) is 0 Å². The Balaban J connectivity index is 1.64. The van der Waals surface area contributed by atoms with Gasteiger partial charge in [0.2, 0.25) is 5.91 Å². The Morgan fingerprint density at radius 3 is 2.62 bits per heavy atom. The first-order valence-corrected chi connectivity index (χ1v) is 8.76. The van der Waals surface area contributed by atoms with Crippen molar-refractivity contribution in [2.24, 2.45) is 5.16 Å². The van der Waals surface area contributed by atoms with Crippen LogP contribution in [0.4, 0.5) is 0 Å². The van der Waals surface area contributed by atoms with Crippen molar-refractivity contribution < 1.29 is 14.4 Å². The van der Waals surface area contributed by atoms with Crippen molar-refractivity contribution in [1.29, 1.82) is 0 Å². The van der Waals surface area contributed by atoms with Crippen molar-refractivity contribution in [3.05, 3.63) is 71.3 Å². The van der Waals surface area contributed by atoms with Gasteiger partial charge in [-0.25, -0.2) is 0 Å². The Hall–Kier alpha value is -2.66. The molecule has 1 aliphatic rings. The number of nitrogens with zero attached hydrogens (tertiary/aromatic N) is 2. The number of ether oxygens (including phenoxy) is 1. The smallest absolute Gasteiger partial charge is 0.248 e. The number of carbonyl (C=O) groups is 1. The minimum absolute atomic E-state index is 0.0521. The SMILES string of the molecule is COCC(=O)N(Cc1ccccc1)CC1CC(c2ccc(C)cc2)=NO1. The lowest BCUT2D eigenvalue weighted by atomic mass is 10.0. The van der Waals surface area contributed by atoms with Gasteiger partial charge in [-0.2, -0.15) is 0 Å².